The highest BCUT2D eigenvalue weighted by atomic mass is 35.5. The Morgan fingerprint density at radius 2 is 2.15 bits per heavy atom. The monoisotopic (exact) mass is 315 g/mol. The number of hydrogen-bond donors (Lipinski definition) is 0. The minimum absolute atomic E-state index is 0.504. The molecule has 114 valence electrons. The van der Waals surface area contributed by atoms with Gasteiger partial charge in [-0.25, -0.2) is 4.98 Å². The molecule has 0 N–H and O–H groups in total. The summed E-state index contributed by atoms with van der Waals surface area (Å²) in [6, 6.07) is 0. The van der Waals surface area contributed by atoms with Gasteiger partial charge in [-0.15, -0.1) is 22.9 Å². The van der Waals surface area contributed by atoms with Crippen LogP contribution in [-0.4, -0.2) is 17.7 Å². The van der Waals surface area contributed by atoms with Crippen molar-refractivity contribution in [3.05, 3.63) is 16.1 Å². The lowest BCUT2D eigenvalue weighted by Gasteiger charge is -2.31. The Bertz CT molecular complexity index is 396. The number of thiazole rings is 1. The molecule has 0 amide bonds. The lowest BCUT2D eigenvalue weighted by atomic mass is 9.80. The van der Waals surface area contributed by atoms with Crippen LogP contribution in [0.2, 0.25) is 0 Å². The average Bonchev–Trinajstić information content (AvgIpc) is 2.90. The van der Waals surface area contributed by atoms with Gasteiger partial charge in [0.1, 0.15) is 0 Å². The summed E-state index contributed by atoms with van der Waals surface area (Å²) < 4.78 is 6.03. The molecule has 3 atom stereocenters. The summed E-state index contributed by atoms with van der Waals surface area (Å²) in [4.78, 5) is 4.48. The summed E-state index contributed by atoms with van der Waals surface area (Å²) in [5, 5.41) is 3.27. The average molecular weight is 316 g/mol. The Labute approximate surface area is 131 Å². The minimum Gasteiger partial charge on any atom is -0.378 e. The molecule has 0 saturated heterocycles. The van der Waals surface area contributed by atoms with E-state index in [0.29, 0.717) is 12.0 Å². The fourth-order valence-corrected chi connectivity index (χ4v) is 3.87. The third kappa shape index (κ3) is 5.01. The van der Waals surface area contributed by atoms with E-state index in [1.165, 1.54) is 24.3 Å². The van der Waals surface area contributed by atoms with Gasteiger partial charge in [0.2, 0.25) is 0 Å². The number of rotatable bonds is 7. The van der Waals surface area contributed by atoms with Gasteiger partial charge in [-0.3, -0.25) is 0 Å². The van der Waals surface area contributed by atoms with Crippen LogP contribution in [0.15, 0.2) is 5.38 Å². The van der Waals surface area contributed by atoms with Crippen molar-refractivity contribution in [3.8, 4) is 0 Å². The van der Waals surface area contributed by atoms with Crippen molar-refractivity contribution >= 4 is 22.9 Å². The number of halogens is 1. The van der Waals surface area contributed by atoms with E-state index in [0.717, 1.165) is 43.4 Å². The van der Waals surface area contributed by atoms with Gasteiger partial charge in [0.15, 0.2) is 0 Å². The van der Waals surface area contributed by atoms with Gasteiger partial charge in [0.25, 0.3) is 0 Å². The number of alkyl halides is 1. The highest BCUT2D eigenvalue weighted by molar-refractivity contribution is 7.09. The van der Waals surface area contributed by atoms with E-state index < -0.39 is 0 Å². The van der Waals surface area contributed by atoms with Crippen molar-refractivity contribution in [2.75, 3.05) is 6.61 Å². The zero-order valence-electron chi connectivity index (χ0n) is 12.6. The van der Waals surface area contributed by atoms with Crippen LogP contribution < -0.4 is 0 Å². The van der Waals surface area contributed by atoms with E-state index in [2.05, 4.69) is 24.2 Å². The summed E-state index contributed by atoms with van der Waals surface area (Å²) in [7, 11) is 0. The van der Waals surface area contributed by atoms with E-state index >= 15 is 0 Å². The third-order valence-corrected chi connectivity index (χ3v) is 5.66. The zero-order valence-corrected chi connectivity index (χ0v) is 14.2. The number of ether oxygens (including phenoxy) is 1. The van der Waals surface area contributed by atoms with Crippen molar-refractivity contribution in [3.63, 3.8) is 0 Å². The molecule has 1 aromatic heterocycles. The number of hydrogen-bond acceptors (Lipinski definition) is 3. The van der Waals surface area contributed by atoms with E-state index in [-0.39, 0.29) is 0 Å². The van der Waals surface area contributed by atoms with Crippen LogP contribution in [0.1, 0.15) is 56.7 Å². The molecule has 0 bridgehead atoms. The molecule has 20 heavy (non-hydrogen) atoms. The quantitative estimate of drug-likeness (QED) is 0.519. The highest BCUT2D eigenvalue weighted by Crippen LogP contribution is 2.31. The van der Waals surface area contributed by atoms with Crippen LogP contribution in [0.3, 0.4) is 0 Å². The molecule has 3 unspecified atom stereocenters. The Morgan fingerprint density at radius 3 is 2.85 bits per heavy atom. The van der Waals surface area contributed by atoms with Gasteiger partial charge >= 0.3 is 0 Å². The van der Waals surface area contributed by atoms with Gasteiger partial charge in [-0.05, 0) is 50.4 Å². The van der Waals surface area contributed by atoms with Gasteiger partial charge in [-0.2, -0.15) is 0 Å². The van der Waals surface area contributed by atoms with E-state index in [4.69, 9.17) is 16.3 Å². The first kappa shape index (κ1) is 16.3. The van der Waals surface area contributed by atoms with E-state index in [9.17, 15) is 0 Å². The Hall–Kier alpha value is -0.120. The third-order valence-electron chi connectivity index (χ3n) is 4.42. The maximum absolute atomic E-state index is 6.03. The molecule has 4 heteroatoms. The van der Waals surface area contributed by atoms with Crippen LogP contribution in [0.4, 0.5) is 0 Å². The van der Waals surface area contributed by atoms with E-state index in [1.54, 1.807) is 11.3 Å². The summed E-state index contributed by atoms with van der Waals surface area (Å²) in [6.45, 7) is 5.63. The number of aryl methyl sites for hydroxylation is 1. The molecule has 1 fully saturated rings. The molecule has 0 aromatic carbocycles. The Balaban J connectivity index is 1.55. The maximum Gasteiger partial charge on any atom is 0.0928 e. The van der Waals surface area contributed by atoms with Gasteiger partial charge < -0.3 is 4.74 Å². The predicted molar refractivity (Wildman–Crippen MR) is 86.5 cm³/mol. The molecule has 1 aliphatic carbocycles. The molecule has 1 aliphatic rings. The first-order valence-electron chi connectivity index (χ1n) is 7.80. The lowest BCUT2D eigenvalue weighted by Crippen LogP contribution is -2.27. The second kappa shape index (κ2) is 8.35. The second-order valence-corrected chi connectivity index (χ2v) is 7.29. The number of aromatic nitrogens is 1. The van der Waals surface area contributed by atoms with Crippen molar-refractivity contribution in [1.29, 1.82) is 0 Å². The van der Waals surface area contributed by atoms with Crippen LogP contribution in [0, 0.1) is 11.8 Å². The second-order valence-electron chi connectivity index (χ2n) is 6.08. The predicted octanol–water partition coefficient (Wildman–Crippen LogP) is 5.05. The first-order chi connectivity index (χ1) is 9.69. The smallest absolute Gasteiger partial charge is 0.0928 e. The van der Waals surface area contributed by atoms with Crippen LogP contribution in [0.25, 0.3) is 0 Å². The van der Waals surface area contributed by atoms with Crippen LogP contribution in [-0.2, 0) is 17.0 Å². The molecule has 2 nitrogen and oxygen atoms in total. The van der Waals surface area contributed by atoms with Crippen molar-refractivity contribution in [2.24, 2.45) is 11.8 Å². The largest absolute Gasteiger partial charge is 0.378 e. The Morgan fingerprint density at radius 1 is 1.30 bits per heavy atom. The summed E-state index contributed by atoms with van der Waals surface area (Å²) >= 11 is 7.48. The molecule has 2 rings (SSSR count). The normalized spacial score (nSPS) is 26.9. The molecular weight excluding hydrogens is 290 g/mol. The topological polar surface area (TPSA) is 22.1 Å². The fraction of sp³-hybridized carbons (Fsp3) is 0.812. The summed E-state index contributed by atoms with van der Waals surface area (Å²) in [5.74, 6) is 2.21. The number of nitrogens with zero attached hydrogens (tertiary/aromatic N) is 1. The lowest BCUT2D eigenvalue weighted by molar-refractivity contribution is 0.00119. The van der Waals surface area contributed by atoms with E-state index in [1.807, 2.05) is 0 Å². The number of unbranched alkanes of at least 4 members (excludes halogenated alkanes) is 1. The SMILES string of the molecule is CC1CCC(OCCCCc2nc(CCl)cs2)CC1C. The van der Waals surface area contributed by atoms with Gasteiger partial charge in [-0.1, -0.05) is 13.8 Å². The molecule has 1 aromatic rings. The van der Waals surface area contributed by atoms with Gasteiger partial charge in [0.05, 0.1) is 22.7 Å². The van der Waals surface area contributed by atoms with Gasteiger partial charge in [0, 0.05) is 12.0 Å². The molecular formula is C16H26ClNOS. The zero-order chi connectivity index (χ0) is 14.4. The fourth-order valence-electron chi connectivity index (χ4n) is 2.80. The van der Waals surface area contributed by atoms with Crippen molar-refractivity contribution < 1.29 is 4.74 Å². The molecule has 0 aliphatic heterocycles. The minimum atomic E-state index is 0.504. The highest BCUT2D eigenvalue weighted by Gasteiger charge is 2.24. The summed E-state index contributed by atoms with van der Waals surface area (Å²) in [5.41, 5.74) is 1.01. The summed E-state index contributed by atoms with van der Waals surface area (Å²) in [6.07, 6.45) is 7.67. The Kier molecular flexibility index (Phi) is 6.79. The molecule has 0 radical (unpaired) electrons. The van der Waals surface area contributed by atoms with Crippen LogP contribution in [0.5, 0.6) is 0 Å². The maximum atomic E-state index is 6.03. The van der Waals surface area contributed by atoms with Crippen molar-refractivity contribution in [1.82, 2.24) is 4.98 Å². The molecule has 0 spiro atoms. The first-order valence-corrected chi connectivity index (χ1v) is 9.21. The molecule has 1 saturated carbocycles. The van der Waals surface area contributed by atoms with Crippen molar-refractivity contribution in [2.45, 2.75) is 64.4 Å². The van der Waals surface area contributed by atoms with Crippen LogP contribution >= 0.6 is 22.9 Å². The standard InChI is InChI=1S/C16H26ClNOS/c1-12-6-7-15(9-13(12)2)19-8-4-3-5-16-18-14(10-17)11-20-16/h11-13,15H,3-10H2,1-2H3. The molecule has 1 heterocycles.